The van der Waals surface area contributed by atoms with Crippen LogP contribution in [0.4, 0.5) is 16.2 Å². The minimum atomic E-state index is -0.943. The summed E-state index contributed by atoms with van der Waals surface area (Å²) in [6.45, 7) is 3.85. The van der Waals surface area contributed by atoms with E-state index in [1.807, 2.05) is 60.7 Å². The van der Waals surface area contributed by atoms with Crippen LogP contribution in [0.15, 0.2) is 78.9 Å². The number of carboxylic acids is 1. The van der Waals surface area contributed by atoms with Gasteiger partial charge in [0.1, 0.15) is 12.6 Å². The van der Waals surface area contributed by atoms with E-state index in [1.165, 1.54) is 0 Å². The number of fused-ring (bicyclic) bond motifs is 6. The highest BCUT2D eigenvalue weighted by Crippen LogP contribution is 2.74. The topological polar surface area (TPSA) is 154 Å². The number of anilines is 2. The lowest BCUT2D eigenvalue weighted by Gasteiger charge is -2.67. The quantitative estimate of drug-likeness (QED) is 0.168. The van der Waals surface area contributed by atoms with Crippen LogP contribution in [-0.2, 0) is 30.3 Å². The number of rotatable bonds is 10. The third-order valence-electron chi connectivity index (χ3n) is 11.5. The first-order valence-electron chi connectivity index (χ1n) is 17.8. The Labute approximate surface area is 300 Å². The van der Waals surface area contributed by atoms with Crippen LogP contribution in [0.3, 0.4) is 0 Å². The minimum Gasteiger partial charge on any atom is -0.481 e. The predicted octanol–water partition coefficient (Wildman–Crippen LogP) is 5.60. The second kappa shape index (κ2) is 12.5. The van der Waals surface area contributed by atoms with Gasteiger partial charge in [-0.3, -0.25) is 19.2 Å². The Morgan fingerprint density at radius 1 is 0.865 bits per heavy atom. The number of alkyl carbamates (subject to hydrolysis) is 1. The Morgan fingerprint density at radius 3 is 2.12 bits per heavy atom. The average molecular weight is 701 g/mol. The smallest absolute Gasteiger partial charge is 0.407 e. The maximum atomic E-state index is 13.7. The monoisotopic (exact) mass is 700 g/mol. The van der Waals surface area contributed by atoms with Gasteiger partial charge in [0.2, 0.25) is 17.7 Å². The third-order valence-corrected chi connectivity index (χ3v) is 11.5. The summed E-state index contributed by atoms with van der Waals surface area (Å²) in [5, 5.41) is 19.6. The lowest BCUT2D eigenvalue weighted by atomic mass is 9.34. The molecule has 3 saturated carbocycles. The molecule has 4 N–H and O–H groups in total. The van der Waals surface area contributed by atoms with Crippen molar-refractivity contribution in [3.05, 3.63) is 95.6 Å². The molecule has 4 amide bonds. The van der Waals surface area contributed by atoms with Crippen molar-refractivity contribution in [1.82, 2.24) is 10.6 Å². The zero-order valence-corrected chi connectivity index (χ0v) is 29.0. The van der Waals surface area contributed by atoms with Crippen LogP contribution in [0, 0.1) is 16.7 Å². The van der Waals surface area contributed by atoms with Crippen molar-refractivity contribution in [3.63, 3.8) is 0 Å². The Hall–Kier alpha value is -5.71. The SMILES string of the molecule is CC(C)C(NC(=O)OCC1c2ccccc2-c2ccccc21)C(=O)NCC(=O)Nc1cc2c(c3ccccc13)CCN2C(=O)C12CC(C(=O)O)(C1)C2. The normalized spacial score (nSPS) is 21.2. The Balaban J connectivity index is 0.905. The molecular weight excluding hydrogens is 660 g/mol. The van der Waals surface area contributed by atoms with E-state index in [4.69, 9.17) is 4.74 Å². The highest BCUT2D eigenvalue weighted by molar-refractivity contribution is 6.11. The van der Waals surface area contributed by atoms with Crippen molar-refractivity contribution in [3.8, 4) is 11.1 Å². The van der Waals surface area contributed by atoms with E-state index >= 15 is 0 Å². The standard InChI is InChI=1S/C41H40N4O7/c1-23(2)35(44-39(51)52-19-31-26-11-5-3-9-24(26)25-10-4-6-12-27(25)31)36(47)42-18-34(46)43-32-17-33-30(28-13-7-8-14-29(28)32)15-16-45(33)37(48)40-20-41(21-40,22-40)38(49)50/h3-14,17,23,31,35H,15-16,18-22H2,1-2H3,(H,42,47)(H,43,46)(H,44,51)(H,49,50). The number of aliphatic carboxylic acids is 1. The third kappa shape index (κ3) is 5.37. The van der Waals surface area contributed by atoms with E-state index in [1.54, 1.807) is 24.8 Å². The van der Waals surface area contributed by atoms with Crippen molar-refractivity contribution in [1.29, 1.82) is 0 Å². The summed E-state index contributed by atoms with van der Waals surface area (Å²) in [5.74, 6) is -2.30. The van der Waals surface area contributed by atoms with Crippen LogP contribution in [0.1, 0.15) is 55.7 Å². The number of carbonyl (C=O) groups is 5. The molecule has 4 aliphatic carbocycles. The molecule has 52 heavy (non-hydrogen) atoms. The summed E-state index contributed by atoms with van der Waals surface area (Å²) in [5.41, 5.74) is 5.24. The highest BCUT2D eigenvalue weighted by Gasteiger charge is 2.76. The van der Waals surface area contributed by atoms with E-state index in [-0.39, 0.29) is 30.9 Å². The second-order valence-electron chi connectivity index (χ2n) is 15.0. The van der Waals surface area contributed by atoms with E-state index in [0.29, 0.717) is 43.6 Å². The number of amides is 4. The molecule has 11 nitrogen and oxygen atoms in total. The van der Waals surface area contributed by atoms with Gasteiger partial charge in [-0.2, -0.15) is 0 Å². The fourth-order valence-corrected chi connectivity index (χ4v) is 8.88. The molecule has 0 radical (unpaired) electrons. The van der Waals surface area contributed by atoms with E-state index in [9.17, 15) is 29.1 Å². The molecule has 266 valence electrons. The number of benzene rings is 4. The molecule has 4 aromatic carbocycles. The van der Waals surface area contributed by atoms with Crippen molar-refractivity contribution in [2.45, 2.75) is 51.5 Å². The molecule has 4 aromatic rings. The van der Waals surface area contributed by atoms with E-state index < -0.39 is 40.7 Å². The lowest BCUT2D eigenvalue weighted by molar-refractivity contribution is -0.219. The molecule has 1 unspecified atom stereocenters. The van der Waals surface area contributed by atoms with Gasteiger partial charge < -0.3 is 30.7 Å². The molecule has 0 saturated heterocycles. The van der Waals surface area contributed by atoms with Gasteiger partial charge in [0.15, 0.2) is 0 Å². The van der Waals surface area contributed by atoms with Crippen molar-refractivity contribution in [2.24, 2.45) is 16.7 Å². The molecule has 11 heteroatoms. The number of carbonyl (C=O) groups excluding carboxylic acids is 4. The van der Waals surface area contributed by atoms with Gasteiger partial charge >= 0.3 is 12.1 Å². The van der Waals surface area contributed by atoms with Crippen LogP contribution in [0.25, 0.3) is 21.9 Å². The zero-order chi connectivity index (χ0) is 36.4. The summed E-state index contributed by atoms with van der Waals surface area (Å²) >= 11 is 0. The molecule has 9 rings (SSSR count). The van der Waals surface area contributed by atoms with E-state index in [2.05, 4.69) is 28.1 Å². The second-order valence-corrected chi connectivity index (χ2v) is 15.0. The largest absolute Gasteiger partial charge is 0.481 e. The van der Waals surface area contributed by atoms with Crippen LogP contribution in [-0.4, -0.2) is 60.6 Å². The first-order valence-corrected chi connectivity index (χ1v) is 17.8. The molecule has 0 spiro atoms. The van der Waals surface area contributed by atoms with Crippen LogP contribution in [0.5, 0.6) is 0 Å². The molecule has 1 aliphatic heterocycles. The van der Waals surface area contributed by atoms with Gasteiger partial charge in [0.05, 0.1) is 23.1 Å². The zero-order valence-electron chi connectivity index (χ0n) is 29.0. The maximum Gasteiger partial charge on any atom is 0.407 e. The molecular formula is C41H40N4O7. The fourth-order valence-electron chi connectivity index (χ4n) is 8.88. The van der Waals surface area contributed by atoms with E-state index in [0.717, 1.165) is 38.6 Å². The van der Waals surface area contributed by atoms with Gasteiger partial charge in [-0.25, -0.2) is 4.79 Å². The number of carboxylic acid groups (broad SMARTS) is 1. The molecule has 0 aromatic heterocycles. The molecule has 2 bridgehead atoms. The van der Waals surface area contributed by atoms with Crippen molar-refractivity contribution < 1.29 is 33.8 Å². The van der Waals surface area contributed by atoms with Crippen molar-refractivity contribution in [2.75, 3.05) is 29.9 Å². The molecule has 5 aliphatic rings. The first kappa shape index (κ1) is 33.4. The van der Waals surface area contributed by atoms with Gasteiger partial charge in [-0.05, 0) is 70.9 Å². The van der Waals surface area contributed by atoms with Gasteiger partial charge in [-0.1, -0.05) is 86.6 Å². The number of hydrogen-bond acceptors (Lipinski definition) is 6. The van der Waals surface area contributed by atoms with Gasteiger partial charge in [-0.15, -0.1) is 0 Å². The number of nitrogens with one attached hydrogen (secondary N) is 3. The molecule has 1 atom stereocenters. The van der Waals surface area contributed by atoms with Crippen LogP contribution >= 0.6 is 0 Å². The average Bonchev–Trinajstić information content (AvgIpc) is 3.66. The number of hydrogen-bond donors (Lipinski definition) is 4. The Kier molecular flexibility index (Phi) is 8.04. The lowest BCUT2D eigenvalue weighted by Crippen LogP contribution is -2.70. The summed E-state index contributed by atoms with van der Waals surface area (Å²) < 4.78 is 5.66. The highest BCUT2D eigenvalue weighted by atomic mass is 16.5. The summed E-state index contributed by atoms with van der Waals surface area (Å²) in [4.78, 5) is 66.7. The summed E-state index contributed by atoms with van der Waals surface area (Å²) in [6.07, 6.45) is 1.03. The predicted molar refractivity (Wildman–Crippen MR) is 195 cm³/mol. The minimum absolute atomic E-state index is 0.0576. The van der Waals surface area contributed by atoms with Gasteiger partial charge in [0.25, 0.3) is 0 Å². The molecule has 3 fully saturated rings. The molecule has 1 heterocycles. The van der Waals surface area contributed by atoms with Crippen molar-refractivity contribution >= 4 is 51.9 Å². The fraction of sp³-hybridized carbons (Fsp3) is 0.341. The Bertz CT molecular complexity index is 2110. The number of nitrogens with zero attached hydrogens (tertiary/aromatic N) is 1. The first-order chi connectivity index (χ1) is 25.0. The van der Waals surface area contributed by atoms with Gasteiger partial charge in [0, 0.05) is 23.5 Å². The number of ether oxygens (including phenoxy) is 1. The summed E-state index contributed by atoms with van der Waals surface area (Å²) in [6, 6.07) is 24.6. The van der Waals surface area contributed by atoms with Crippen LogP contribution < -0.4 is 20.9 Å². The van der Waals surface area contributed by atoms with Crippen LogP contribution in [0.2, 0.25) is 0 Å². The maximum absolute atomic E-state index is 13.7. The summed E-state index contributed by atoms with van der Waals surface area (Å²) in [7, 11) is 0. The Morgan fingerprint density at radius 2 is 1.48 bits per heavy atom.